The fourth-order valence-corrected chi connectivity index (χ4v) is 6.35. The number of halogens is 2. The Morgan fingerprint density at radius 3 is 2.16 bits per heavy atom. The molecule has 2 bridgehead atoms. The molecule has 1 aromatic rings. The van der Waals surface area contributed by atoms with E-state index in [0.29, 0.717) is 0 Å². The van der Waals surface area contributed by atoms with Crippen molar-refractivity contribution < 1.29 is 19.1 Å². The van der Waals surface area contributed by atoms with Gasteiger partial charge in [0.15, 0.2) is 0 Å². The molecule has 132 valence electrons. The Hall–Kier alpha value is -1.21. The first-order chi connectivity index (χ1) is 12.0. The van der Waals surface area contributed by atoms with Gasteiger partial charge in [-0.1, -0.05) is 62.2 Å². The zero-order chi connectivity index (χ0) is 17.7. The summed E-state index contributed by atoms with van der Waals surface area (Å²) in [6.45, 7) is -0.155. The quantitative estimate of drug-likeness (QED) is 0.385. The minimum atomic E-state index is -0.552. The minimum absolute atomic E-state index is 0.140. The molecule has 1 aromatic carbocycles. The van der Waals surface area contributed by atoms with Gasteiger partial charge >= 0.3 is 5.97 Å². The molecule has 25 heavy (non-hydrogen) atoms. The summed E-state index contributed by atoms with van der Waals surface area (Å²) >= 11 is 7.29. The summed E-state index contributed by atoms with van der Waals surface area (Å²) in [6, 6.07) is 9.32. The standard InChI is InChI=1S/C18H17Br2NO4/c19-15-10-6-11(16(15)20)14-13(10)17(23)21(18(14)24)7-12(22)25-8-9-4-2-1-3-5-9/h1-5,10-11,13-16H,6-8H2. The summed E-state index contributed by atoms with van der Waals surface area (Å²) in [5.41, 5.74) is 0.870. The van der Waals surface area contributed by atoms with E-state index in [4.69, 9.17) is 4.74 Å². The van der Waals surface area contributed by atoms with Crippen LogP contribution in [-0.2, 0) is 25.7 Å². The third-order valence-electron chi connectivity index (χ3n) is 5.61. The van der Waals surface area contributed by atoms with E-state index in [1.54, 1.807) is 0 Å². The summed E-state index contributed by atoms with van der Waals surface area (Å²) in [6.07, 6.45) is 0.880. The smallest absolute Gasteiger partial charge is 0.326 e. The van der Waals surface area contributed by atoms with Crippen LogP contribution in [0.1, 0.15) is 12.0 Å². The molecule has 3 aliphatic rings. The molecule has 3 fully saturated rings. The fourth-order valence-electron chi connectivity index (χ4n) is 4.48. The average molecular weight is 471 g/mol. The summed E-state index contributed by atoms with van der Waals surface area (Å²) in [4.78, 5) is 39.0. The Balaban J connectivity index is 1.41. The Morgan fingerprint density at radius 1 is 1.04 bits per heavy atom. The molecule has 7 heteroatoms. The Kier molecular flexibility index (Phi) is 4.48. The highest BCUT2D eigenvalue weighted by atomic mass is 79.9. The average Bonchev–Trinajstić information content (AvgIpc) is 3.21. The first-order valence-electron chi connectivity index (χ1n) is 8.32. The molecule has 1 aliphatic heterocycles. The first-order valence-corrected chi connectivity index (χ1v) is 10.1. The summed E-state index contributed by atoms with van der Waals surface area (Å²) in [5.74, 6) is -1.27. The molecule has 0 radical (unpaired) electrons. The summed E-state index contributed by atoms with van der Waals surface area (Å²) < 4.78 is 5.22. The van der Waals surface area contributed by atoms with Crippen molar-refractivity contribution in [2.45, 2.75) is 22.7 Å². The molecule has 4 rings (SSSR count). The summed E-state index contributed by atoms with van der Waals surface area (Å²) in [7, 11) is 0. The number of likely N-dealkylation sites (tertiary alicyclic amines) is 1. The van der Waals surface area contributed by atoms with Gasteiger partial charge in [-0.25, -0.2) is 0 Å². The normalized spacial score (nSPS) is 36.0. The highest BCUT2D eigenvalue weighted by Gasteiger charge is 2.66. The van der Waals surface area contributed by atoms with Crippen molar-refractivity contribution in [1.82, 2.24) is 4.90 Å². The number of rotatable bonds is 4. The predicted molar refractivity (Wildman–Crippen MR) is 97.0 cm³/mol. The van der Waals surface area contributed by atoms with Crippen LogP contribution in [0.5, 0.6) is 0 Å². The molecular weight excluding hydrogens is 454 g/mol. The molecule has 1 heterocycles. The Bertz CT molecular complexity index is 693. The van der Waals surface area contributed by atoms with Crippen LogP contribution < -0.4 is 0 Å². The number of amides is 2. The van der Waals surface area contributed by atoms with E-state index in [9.17, 15) is 14.4 Å². The molecule has 1 saturated heterocycles. The van der Waals surface area contributed by atoms with Crippen molar-refractivity contribution in [3.05, 3.63) is 35.9 Å². The number of nitrogens with zero attached hydrogens (tertiary/aromatic N) is 1. The van der Waals surface area contributed by atoms with Gasteiger partial charge in [0.2, 0.25) is 11.8 Å². The third-order valence-corrected chi connectivity index (χ3v) is 8.81. The molecule has 0 N–H and O–H groups in total. The highest BCUT2D eigenvalue weighted by Crippen LogP contribution is 2.60. The molecule has 6 atom stereocenters. The van der Waals surface area contributed by atoms with Gasteiger partial charge in [0.1, 0.15) is 13.2 Å². The lowest BCUT2D eigenvalue weighted by Gasteiger charge is -2.28. The molecule has 0 aromatic heterocycles. The van der Waals surface area contributed by atoms with Crippen LogP contribution in [0.25, 0.3) is 0 Å². The van der Waals surface area contributed by atoms with Gasteiger partial charge in [0.25, 0.3) is 0 Å². The van der Waals surface area contributed by atoms with Crippen molar-refractivity contribution in [2.75, 3.05) is 6.54 Å². The SMILES string of the molecule is O=C(CN1C(=O)C2C3CC(C(Br)C3Br)C2C1=O)OCc1ccccc1. The third kappa shape index (κ3) is 2.76. The number of hydrogen-bond acceptors (Lipinski definition) is 4. The molecule has 2 aliphatic carbocycles. The lowest BCUT2D eigenvalue weighted by Crippen LogP contribution is -2.38. The van der Waals surface area contributed by atoms with Crippen molar-refractivity contribution >= 4 is 49.6 Å². The van der Waals surface area contributed by atoms with E-state index < -0.39 is 5.97 Å². The minimum Gasteiger partial charge on any atom is -0.459 e. The van der Waals surface area contributed by atoms with Crippen LogP contribution in [0.2, 0.25) is 0 Å². The number of alkyl halides is 2. The largest absolute Gasteiger partial charge is 0.459 e. The second-order valence-electron chi connectivity index (χ2n) is 6.91. The van der Waals surface area contributed by atoms with Crippen LogP contribution in [0.15, 0.2) is 30.3 Å². The number of fused-ring (bicyclic) bond motifs is 5. The molecule has 6 unspecified atom stereocenters. The second-order valence-corrected chi connectivity index (χ2v) is 9.03. The van der Waals surface area contributed by atoms with Gasteiger partial charge in [-0.05, 0) is 23.8 Å². The molecule has 2 saturated carbocycles. The lowest BCUT2D eigenvalue weighted by molar-refractivity contribution is -0.154. The monoisotopic (exact) mass is 469 g/mol. The second kappa shape index (κ2) is 6.50. The molecule has 0 spiro atoms. The van der Waals surface area contributed by atoms with Gasteiger partial charge in [0, 0.05) is 9.65 Å². The van der Waals surface area contributed by atoms with Crippen LogP contribution in [0.3, 0.4) is 0 Å². The highest BCUT2D eigenvalue weighted by molar-refractivity contribution is 9.12. The van der Waals surface area contributed by atoms with E-state index in [2.05, 4.69) is 31.9 Å². The van der Waals surface area contributed by atoms with Crippen LogP contribution >= 0.6 is 31.9 Å². The molecular formula is C18H17Br2NO4. The number of carbonyl (C=O) groups is 3. The zero-order valence-electron chi connectivity index (χ0n) is 13.3. The predicted octanol–water partition coefficient (Wildman–Crippen LogP) is 2.51. The van der Waals surface area contributed by atoms with E-state index >= 15 is 0 Å². The van der Waals surface area contributed by atoms with E-state index in [1.165, 1.54) is 0 Å². The number of esters is 1. The van der Waals surface area contributed by atoms with E-state index in [-0.39, 0.29) is 58.3 Å². The van der Waals surface area contributed by atoms with E-state index in [0.717, 1.165) is 16.9 Å². The lowest BCUT2D eigenvalue weighted by atomic mass is 9.81. The van der Waals surface area contributed by atoms with Gasteiger partial charge < -0.3 is 4.74 Å². The Morgan fingerprint density at radius 2 is 1.60 bits per heavy atom. The fraction of sp³-hybridized carbons (Fsp3) is 0.500. The van der Waals surface area contributed by atoms with Crippen LogP contribution in [-0.4, -0.2) is 38.9 Å². The topological polar surface area (TPSA) is 63.7 Å². The zero-order valence-corrected chi connectivity index (χ0v) is 16.5. The maximum Gasteiger partial charge on any atom is 0.326 e. The van der Waals surface area contributed by atoms with Gasteiger partial charge in [0.05, 0.1) is 11.8 Å². The number of hydrogen-bond donors (Lipinski definition) is 0. The molecule has 2 amide bonds. The van der Waals surface area contributed by atoms with Crippen molar-refractivity contribution in [1.29, 1.82) is 0 Å². The molecule has 5 nitrogen and oxygen atoms in total. The number of imide groups is 1. The van der Waals surface area contributed by atoms with Crippen molar-refractivity contribution in [3.8, 4) is 0 Å². The van der Waals surface area contributed by atoms with E-state index in [1.807, 2.05) is 30.3 Å². The van der Waals surface area contributed by atoms with Gasteiger partial charge in [-0.2, -0.15) is 0 Å². The number of carbonyl (C=O) groups excluding carboxylic acids is 3. The summed E-state index contributed by atoms with van der Waals surface area (Å²) in [5, 5.41) is 0. The number of benzene rings is 1. The maximum absolute atomic E-state index is 12.7. The first kappa shape index (κ1) is 17.2. The van der Waals surface area contributed by atoms with Gasteiger partial charge in [-0.15, -0.1) is 0 Å². The van der Waals surface area contributed by atoms with Crippen LogP contribution in [0, 0.1) is 23.7 Å². The van der Waals surface area contributed by atoms with Crippen LogP contribution in [0.4, 0.5) is 0 Å². The number of ether oxygens (including phenoxy) is 1. The maximum atomic E-state index is 12.7. The van der Waals surface area contributed by atoms with Crippen molar-refractivity contribution in [2.24, 2.45) is 23.7 Å². The van der Waals surface area contributed by atoms with Gasteiger partial charge in [-0.3, -0.25) is 19.3 Å². The Labute approximate surface area is 162 Å². The van der Waals surface area contributed by atoms with Crippen molar-refractivity contribution in [3.63, 3.8) is 0 Å².